The lowest BCUT2D eigenvalue weighted by atomic mass is 10.1. The van der Waals surface area contributed by atoms with E-state index in [1.165, 1.54) is 11.8 Å². The monoisotopic (exact) mass is 466 g/mol. The molecule has 2 aromatic rings. The number of nitrogens with zero attached hydrogens (tertiary/aromatic N) is 1. The molecular weight excluding hydrogens is 439 g/mol. The molecule has 0 aliphatic carbocycles. The van der Waals surface area contributed by atoms with Crippen LogP contribution in [0.2, 0.25) is 10.0 Å². The van der Waals surface area contributed by atoms with E-state index >= 15 is 0 Å². The molecule has 0 heterocycles. The fraction of sp³-hybridized carbons (Fsp3) is 0.391. The van der Waals surface area contributed by atoms with Crippen molar-refractivity contribution in [2.24, 2.45) is 0 Å². The van der Waals surface area contributed by atoms with Gasteiger partial charge in [0, 0.05) is 28.9 Å². The third-order valence-electron chi connectivity index (χ3n) is 4.62. The largest absolute Gasteiger partial charge is 0.354 e. The van der Waals surface area contributed by atoms with Gasteiger partial charge in [0.15, 0.2) is 0 Å². The van der Waals surface area contributed by atoms with Crippen LogP contribution < -0.4 is 5.32 Å². The van der Waals surface area contributed by atoms with E-state index in [-0.39, 0.29) is 17.6 Å². The summed E-state index contributed by atoms with van der Waals surface area (Å²) in [4.78, 5) is 27.5. The fourth-order valence-electron chi connectivity index (χ4n) is 3.06. The summed E-state index contributed by atoms with van der Waals surface area (Å²) >= 11 is 13.9. The smallest absolute Gasteiger partial charge is 0.242 e. The van der Waals surface area contributed by atoms with E-state index in [0.29, 0.717) is 35.3 Å². The standard InChI is InChI=1S/C23H28Cl2N2O2S/c1-3-12-26-23(29)21(4-2)27(14-18-9-5-6-11-20(18)25)22(28)16-30-15-17-8-7-10-19(24)13-17/h5-11,13,21H,3-4,12,14-16H2,1-2H3,(H,26,29). The first-order chi connectivity index (χ1) is 14.5. The minimum Gasteiger partial charge on any atom is -0.354 e. The van der Waals surface area contributed by atoms with E-state index in [4.69, 9.17) is 23.2 Å². The Morgan fingerprint density at radius 3 is 2.53 bits per heavy atom. The van der Waals surface area contributed by atoms with Gasteiger partial charge in [0.1, 0.15) is 6.04 Å². The minimum absolute atomic E-state index is 0.0829. The second kappa shape index (κ2) is 12.9. The van der Waals surface area contributed by atoms with Crippen LogP contribution in [-0.2, 0) is 21.9 Å². The molecule has 2 rings (SSSR count). The first-order valence-corrected chi connectivity index (χ1v) is 12.0. The Morgan fingerprint density at radius 1 is 1.10 bits per heavy atom. The maximum atomic E-state index is 13.2. The zero-order valence-electron chi connectivity index (χ0n) is 17.4. The highest BCUT2D eigenvalue weighted by atomic mass is 35.5. The third-order valence-corrected chi connectivity index (χ3v) is 6.21. The topological polar surface area (TPSA) is 49.4 Å². The molecule has 1 N–H and O–H groups in total. The van der Waals surface area contributed by atoms with Gasteiger partial charge in [0.25, 0.3) is 0 Å². The van der Waals surface area contributed by atoms with Crippen molar-refractivity contribution in [2.45, 2.75) is 45.0 Å². The molecule has 0 aliphatic rings. The van der Waals surface area contributed by atoms with Gasteiger partial charge in [-0.3, -0.25) is 9.59 Å². The van der Waals surface area contributed by atoms with Gasteiger partial charge in [-0.25, -0.2) is 0 Å². The molecular formula is C23H28Cl2N2O2S. The lowest BCUT2D eigenvalue weighted by Gasteiger charge is -2.31. The molecule has 4 nitrogen and oxygen atoms in total. The Morgan fingerprint density at radius 2 is 1.87 bits per heavy atom. The van der Waals surface area contributed by atoms with Gasteiger partial charge in [-0.1, -0.05) is 67.4 Å². The van der Waals surface area contributed by atoms with E-state index in [0.717, 1.165) is 17.5 Å². The number of carbonyl (C=O) groups excluding carboxylic acids is 2. The van der Waals surface area contributed by atoms with Crippen LogP contribution in [0.5, 0.6) is 0 Å². The third kappa shape index (κ3) is 7.53. The fourth-order valence-corrected chi connectivity index (χ4v) is 4.33. The lowest BCUT2D eigenvalue weighted by Crippen LogP contribution is -2.49. The van der Waals surface area contributed by atoms with Crippen LogP contribution in [0.3, 0.4) is 0 Å². The predicted molar refractivity (Wildman–Crippen MR) is 127 cm³/mol. The number of hydrogen-bond donors (Lipinski definition) is 1. The molecule has 0 saturated carbocycles. The van der Waals surface area contributed by atoms with Crippen molar-refractivity contribution in [1.29, 1.82) is 0 Å². The first-order valence-electron chi connectivity index (χ1n) is 10.1. The maximum absolute atomic E-state index is 13.2. The summed E-state index contributed by atoms with van der Waals surface area (Å²) in [6.07, 6.45) is 1.38. The van der Waals surface area contributed by atoms with E-state index in [2.05, 4.69) is 5.32 Å². The molecule has 30 heavy (non-hydrogen) atoms. The molecule has 1 unspecified atom stereocenters. The Kier molecular flexibility index (Phi) is 10.6. The van der Waals surface area contributed by atoms with Crippen LogP contribution in [0.25, 0.3) is 0 Å². The van der Waals surface area contributed by atoms with E-state index in [9.17, 15) is 9.59 Å². The van der Waals surface area contributed by atoms with Gasteiger partial charge in [-0.05, 0) is 42.2 Å². The minimum atomic E-state index is -0.535. The number of thioether (sulfide) groups is 1. The van der Waals surface area contributed by atoms with Gasteiger partial charge < -0.3 is 10.2 Å². The number of amides is 2. The van der Waals surface area contributed by atoms with Gasteiger partial charge >= 0.3 is 0 Å². The molecule has 7 heteroatoms. The number of hydrogen-bond acceptors (Lipinski definition) is 3. The van der Waals surface area contributed by atoms with Crippen LogP contribution in [0.15, 0.2) is 48.5 Å². The highest BCUT2D eigenvalue weighted by Gasteiger charge is 2.28. The Labute approximate surface area is 193 Å². The molecule has 0 aromatic heterocycles. The SMILES string of the molecule is CCCNC(=O)C(CC)N(Cc1ccccc1Cl)C(=O)CSCc1cccc(Cl)c1. The van der Waals surface area contributed by atoms with Gasteiger partial charge in [0.05, 0.1) is 5.75 Å². The lowest BCUT2D eigenvalue weighted by molar-refractivity contribution is -0.139. The number of rotatable bonds is 11. The highest BCUT2D eigenvalue weighted by Crippen LogP contribution is 2.22. The quantitative estimate of drug-likeness (QED) is 0.471. The van der Waals surface area contributed by atoms with Crippen LogP contribution in [-0.4, -0.2) is 35.1 Å². The Bertz CT molecular complexity index is 847. The van der Waals surface area contributed by atoms with E-state index in [1.54, 1.807) is 11.0 Å². The summed E-state index contributed by atoms with van der Waals surface area (Å²) in [6.45, 7) is 4.81. The number of halogens is 2. The van der Waals surface area contributed by atoms with Crippen LogP contribution in [0.1, 0.15) is 37.8 Å². The molecule has 1 atom stereocenters. The van der Waals surface area contributed by atoms with Crippen molar-refractivity contribution >= 4 is 46.8 Å². The summed E-state index contributed by atoms with van der Waals surface area (Å²) < 4.78 is 0. The number of nitrogens with one attached hydrogen (secondary N) is 1. The predicted octanol–water partition coefficient (Wildman–Crippen LogP) is 5.56. The number of carbonyl (C=O) groups is 2. The van der Waals surface area contributed by atoms with Gasteiger partial charge in [0.2, 0.25) is 11.8 Å². The molecule has 0 spiro atoms. The molecule has 162 valence electrons. The normalized spacial score (nSPS) is 11.7. The van der Waals surface area contributed by atoms with Gasteiger partial charge in [-0.2, -0.15) is 0 Å². The molecule has 0 aliphatic heterocycles. The van der Waals surface area contributed by atoms with Crippen molar-refractivity contribution in [3.05, 3.63) is 69.7 Å². The number of benzene rings is 2. The molecule has 0 radical (unpaired) electrons. The van der Waals surface area contributed by atoms with Crippen LogP contribution >= 0.6 is 35.0 Å². The molecule has 0 saturated heterocycles. The average molecular weight is 467 g/mol. The Hall–Kier alpha value is -1.69. The van der Waals surface area contributed by atoms with E-state index in [1.807, 2.05) is 56.3 Å². The second-order valence-electron chi connectivity index (χ2n) is 6.95. The summed E-state index contributed by atoms with van der Waals surface area (Å²) in [5, 5.41) is 4.19. The van der Waals surface area contributed by atoms with Crippen molar-refractivity contribution < 1.29 is 9.59 Å². The molecule has 0 fully saturated rings. The van der Waals surface area contributed by atoms with E-state index < -0.39 is 6.04 Å². The van der Waals surface area contributed by atoms with Crippen molar-refractivity contribution in [3.8, 4) is 0 Å². The zero-order valence-corrected chi connectivity index (χ0v) is 19.7. The van der Waals surface area contributed by atoms with Crippen molar-refractivity contribution in [3.63, 3.8) is 0 Å². The summed E-state index contributed by atoms with van der Waals surface area (Å²) in [6, 6.07) is 14.5. The zero-order chi connectivity index (χ0) is 21.9. The second-order valence-corrected chi connectivity index (χ2v) is 8.78. The molecule has 0 bridgehead atoms. The average Bonchev–Trinajstić information content (AvgIpc) is 2.73. The summed E-state index contributed by atoms with van der Waals surface area (Å²) in [5.74, 6) is 0.736. The summed E-state index contributed by atoms with van der Waals surface area (Å²) in [7, 11) is 0. The first kappa shape index (κ1) is 24.6. The van der Waals surface area contributed by atoms with Crippen LogP contribution in [0.4, 0.5) is 0 Å². The molecule has 2 amide bonds. The molecule has 2 aromatic carbocycles. The van der Waals surface area contributed by atoms with Crippen LogP contribution in [0, 0.1) is 0 Å². The van der Waals surface area contributed by atoms with Gasteiger partial charge in [-0.15, -0.1) is 11.8 Å². The van der Waals surface area contributed by atoms with Crippen molar-refractivity contribution in [2.75, 3.05) is 12.3 Å². The highest BCUT2D eigenvalue weighted by molar-refractivity contribution is 7.99. The van der Waals surface area contributed by atoms with Crippen molar-refractivity contribution in [1.82, 2.24) is 10.2 Å². The summed E-state index contributed by atoms with van der Waals surface area (Å²) in [5.41, 5.74) is 1.89. The maximum Gasteiger partial charge on any atom is 0.242 e. The Balaban J connectivity index is 2.12.